The number of rotatable bonds is 3. The standard InChI is InChI=1S/C22H24N6O2S/c1-15-19(31-14-24-15)21(30)26-11-8-22(13-26)17-7-5-10-27(17)20-16(6-4-9-23-20)28(22)12-18(29)25(2)3/h4-7,9-10,14H,8,11-13H2,1-3H3/t22-/m0/s1. The van der Waals surface area contributed by atoms with Crippen molar-refractivity contribution in [2.45, 2.75) is 18.9 Å². The molecule has 5 heterocycles. The Morgan fingerprint density at radius 3 is 2.81 bits per heavy atom. The number of anilines is 1. The van der Waals surface area contributed by atoms with Gasteiger partial charge in [0, 0.05) is 39.6 Å². The van der Waals surface area contributed by atoms with Crippen LogP contribution in [0.3, 0.4) is 0 Å². The van der Waals surface area contributed by atoms with Gasteiger partial charge >= 0.3 is 0 Å². The van der Waals surface area contributed by atoms with Crippen LogP contribution in [0.2, 0.25) is 0 Å². The van der Waals surface area contributed by atoms with E-state index in [1.165, 1.54) is 11.3 Å². The minimum Gasteiger partial charge on any atom is -0.347 e. The lowest BCUT2D eigenvalue weighted by molar-refractivity contribution is -0.127. The molecule has 9 heteroatoms. The van der Waals surface area contributed by atoms with Gasteiger partial charge in [-0.3, -0.25) is 9.59 Å². The van der Waals surface area contributed by atoms with Crippen molar-refractivity contribution >= 4 is 28.8 Å². The van der Waals surface area contributed by atoms with E-state index in [0.717, 1.165) is 29.3 Å². The summed E-state index contributed by atoms with van der Waals surface area (Å²) in [4.78, 5) is 41.3. The Bertz CT molecular complexity index is 1170. The Hall–Kier alpha value is -3.20. The van der Waals surface area contributed by atoms with Gasteiger partial charge in [0.25, 0.3) is 5.91 Å². The van der Waals surface area contributed by atoms with Gasteiger partial charge in [-0.25, -0.2) is 9.97 Å². The molecule has 2 aliphatic heterocycles. The number of pyridine rings is 1. The van der Waals surface area contributed by atoms with Crippen molar-refractivity contribution in [1.29, 1.82) is 0 Å². The van der Waals surface area contributed by atoms with Crippen LogP contribution in [0.5, 0.6) is 0 Å². The van der Waals surface area contributed by atoms with Gasteiger partial charge in [0.15, 0.2) is 5.82 Å². The number of thiazole rings is 1. The molecule has 2 amide bonds. The molecule has 0 aromatic carbocycles. The number of hydrogen-bond acceptors (Lipinski definition) is 6. The fourth-order valence-corrected chi connectivity index (χ4v) is 5.43. The van der Waals surface area contributed by atoms with Gasteiger partial charge in [-0.1, -0.05) is 0 Å². The third-order valence-corrected chi connectivity index (χ3v) is 7.21. The number of carbonyl (C=O) groups is 2. The summed E-state index contributed by atoms with van der Waals surface area (Å²) in [5.74, 6) is 0.825. The molecule has 1 saturated heterocycles. The lowest BCUT2D eigenvalue weighted by Crippen LogP contribution is -2.55. The first kappa shape index (κ1) is 19.7. The molecule has 1 atom stereocenters. The highest BCUT2D eigenvalue weighted by molar-refractivity contribution is 7.11. The maximum absolute atomic E-state index is 13.3. The van der Waals surface area contributed by atoms with Gasteiger partial charge in [-0.05, 0) is 37.6 Å². The molecule has 1 spiro atoms. The van der Waals surface area contributed by atoms with Crippen molar-refractivity contribution < 1.29 is 9.59 Å². The zero-order chi connectivity index (χ0) is 21.8. The Kier molecular flexibility index (Phi) is 4.58. The zero-order valence-electron chi connectivity index (χ0n) is 17.8. The van der Waals surface area contributed by atoms with Crippen molar-refractivity contribution in [2.75, 3.05) is 38.6 Å². The molecule has 0 bridgehead atoms. The van der Waals surface area contributed by atoms with Crippen LogP contribution in [-0.2, 0) is 10.3 Å². The second kappa shape index (κ2) is 7.19. The molecule has 5 rings (SSSR count). The van der Waals surface area contributed by atoms with Crippen LogP contribution in [0.15, 0.2) is 42.2 Å². The molecule has 2 aliphatic rings. The largest absolute Gasteiger partial charge is 0.347 e. The first-order chi connectivity index (χ1) is 14.9. The van der Waals surface area contributed by atoms with Crippen molar-refractivity contribution in [3.05, 3.63) is 58.4 Å². The van der Waals surface area contributed by atoms with E-state index < -0.39 is 5.54 Å². The van der Waals surface area contributed by atoms with Gasteiger partial charge in [0.1, 0.15) is 10.4 Å². The number of carbonyl (C=O) groups excluding carboxylic acids is 2. The molecular weight excluding hydrogens is 412 g/mol. The van der Waals surface area contributed by atoms with E-state index in [1.54, 1.807) is 30.7 Å². The summed E-state index contributed by atoms with van der Waals surface area (Å²) in [7, 11) is 3.53. The van der Waals surface area contributed by atoms with E-state index in [-0.39, 0.29) is 18.4 Å². The number of likely N-dealkylation sites (N-methyl/N-ethyl adjacent to an activating group) is 1. The molecule has 0 radical (unpaired) electrons. The number of nitrogens with zero attached hydrogens (tertiary/aromatic N) is 6. The minimum absolute atomic E-state index is 0.00542. The van der Waals surface area contributed by atoms with Crippen LogP contribution in [0.4, 0.5) is 5.69 Å². The number of likely N-dealkylation sites (tertiary alicyclic amines) is 1. The molecule has 160 valence electrons. The number of fused-ring (bicyclic) bond motifs is 4. The third kappa shape index (κ3) is 2.95. The zero-order valence-corrected chi connectivity index (χ0v) is 18.6. The Morgan fingerprint density at radius 1 is 1.23 bits per heavy atom. The highest BCUT2D eigenvalue weighted by Gasteiger charge is 2.51. The molecule has 8 nitrogen and oxygen atoms in total. The molecule has 3 aromatic rings. The number of aryl methyl sites for hydroxylation is 1. The number of aromatic nitrogens is 3. The summed E-state index contributed by atoms with van der Waals surface area (Å²) in [6, 6.07) is 7.99. The van der Waals surface area contributed by atoms with E-state index in [1.807, 2.05) is 36.2 Å². The Morgan fingerprint density at radius 2 is 2.06 bits per heavy atom. The molecule has 0 N–H and O–H groups in total. The second-order valence-electron chi connectivity index (χ2n) is 8.26. The monoisotopic (exact) mass is 436 g/mol. The van der Waals surface area contributed by atoms with Gasteiger partial charge in [-0.15, -0.1) is 11.3 Å². The van der Waals surface area contributed by atoms with Gasteiger partial charge < -0.3 is 19.3 Å². The summed E-state index contributed by atoms with van der Waals surface area (Å²) in [5, 5.41) is 0. The SMILES string of the molecule is Cc1ncsc1C(=O)N1CC[C@]2(C1)c1cccn1-c1ncccc1N2CC(=O)N(C)C. The van der Waals surface area contributed by atoms with Crippen LogP contribution < -0.4 is 4.90 Å². The summed E-state index contributed by atoms with van der Waals surface area (Å²) in [6.45, 7) is 3.20. The normalized spacial score (nSPS) is 19.5. The molecule has 31 heavy (non-hydrogen) atoms. The second-order valence-corrected chi connectivity index (χ2v) is 9.11. The van der Waals surface area contributed by atoms with Crippen molar-refractivity contribution in [3.63, 3.8) is 0 Å². The maximum Gasteiger partial charge on any atom is 0.265 e. The molecule has 0 unspecified atom stereocenters. The average molecular weight is 437 g/mol. The Labute approximate surface area is 184 Å². The van der Waals surface area contributed by atoms with Crippen molar-refractivity contribution in [2.24, 2.45) is 0 Å². The minimum atomic E-state index is -0.501. The molecule has 3 aromatic heterocycles. The summed E-state index contributed by atoms with van der Waals surface area (Å²) >= 11 is 1.38. The Balaban J connectivity index is 1.60. The number of amides is 2. The highest BCUT2D eigenvalue weighted by Crippen LogP contribution is 2.47. The quantitative estimate of drug-likeness (QED) is 0.630. The molecular formula is C22H24N6O2S. The van der Waals surface area contributed by atoms with E-state index in [9.17, 15) is 9.59 Å². The third-order valence-electron chi connectivity index (χ3n) is 6.29. The summed E-state index contributed by atoms with van der Waals surface area (Å²) in [5.41, 5.74) is 3.94. The summed E-state index contributed by atoms with van der Waals surface area (Å²) in [6.07, 6.45) is 4.51. The highest BCUT2D eigenvalue weighted by atomic mass is 32.1. The average Bonchev–Trinajstić information content (AvgIpc) is 3.50. The lowest BCUT2D eigenvalue weighted by atomic mass is 9.88. The van der Waals surface area contributed by atoms with E-state index in [0.29, 0.717) is 18.0 Å². The van der Waals surface area contributed by atoms with Crippen LogP contribution in [-0.4, -0.2) is 69.9 Å². The van der Waals surface area contributed by atoms with Crippen molar-refractivity contribution in [3.8, 4) is 5.82 Å². The fourth-order valence-electron chi connectivity index (χ4n) is 4.66. The summed E-state index contributed by atoms with van der Waals surface area (Å²) < 4.78 is 2.10. The fraction of sp³-hybridized carbons (Fsp3) is 0.364. The number of hydrogen-bond donors (Lipinski definition) is 0. The maximum atomic E-state index is 13.3. The van der Waals surface area contributed by atoms with Crippen LogP contribution in [0, 0.1) is 6.92 Å². The van der Waals surface area contributed by atoms with Gasteiger partial charge in [-0.2, -0.15) is 0 Å². The van der Waals surface area contributed by atoms with Crippen LogP contribution >= 0.6 is 11.3 Å². The smallest absolute Gasteiger partial charge is 0.265 e. The molecule has 0 saturated carbocycles. The first-order valence-corrected chi connectivity index (χ1v) is 11.1. The van der Waals surface area contributed by atoms with Gasteiger partial charge in [0.2, 0.25) is 5.91 Å². The predicted molar refractivity (Wildman–Crippen MR) is 119 cm³/mol. The van der Waals surface area contributed by atoms with E-state index >= 15 is 0 Å². The van der Waals surface area contributed by atoms with Gasteiger partial charge in [0.05, 0.1) is 29.1 Å². The van der Waals surface area contributed by atoms with E-state index in [2.05, 4.69) is 25.5 Å². The van der Waals surface area contributed by atoms with Crippen molar-refractivity contribution in [1.82, 2.24) is 24.3 Å². The topological polar surface area (TPSA) is 74.6 Å². The molecule has 1 fully saturated rings. The predicted octanol–water partition coefficient (Wildman–Crippen LogP) is 2.29. The first-order valence-electron chi connectivity index (χ1n) is 10.2. The van der Waals surface area contributed by atoms with E-state index in [4.69, 9.17) is 0 Å². The van der Waals surface area contributed by atoms with Crippen LogP contribution in [0.25, 0.3) is 5.82 Å². The lowest BCUT2D eigenvalue weighted by Gasteiger charge is -2.46. The molecule has 0 aliphatic carbocycles. The van der Waals surface area contributed by atoms with Crippen LogP contribution in [0.1, 0.15) is 27.5 Å².